The summed E-state index contributed by atoms with van der Waals surface area (Å²) in [5.74, 6) is -0.870. The van der Waals surface area contributed by atoms with Gasteiger partial charge in [0.1, 0.15) is 0 Å². The van der Waals surface area contributed by atoms with Crippen LogP contribution < -0.4 is 16.0 Å². The number of amides is 3. The van der Waals surface area contributed by atoms with E-state index in [9.17, 15) is 14.4 Å². The fraction of sp³-hybridized carbons (Fsp3) is 0.318. The van der Waals surface area contributed by atoms with Crippen LogP contribution in [0.4, 0.5) is 0 Å². The van der Waals surface area contributed by atoms with E-state index in [1.807, 2.05) is 24.3 Å². The molecule has 2 aromatic rings. The van der Waals surface area contributed by atoms with Gasteiger partial charge in [0, 0.05) is 24.6 Å². The fourth-order valence-corrected chi connectivity index (χ4v) is 3.92. The Bertz CT molecular complexity index is 914. The van der Waals surface area contributed by atoms with Crippen LogP contribution in [0.2, 0.25) is 0 Å². The highest BCUT2D eigenvalue weighted by Crippen LogP contribution is 2.22. The van der Waals surface area contributed by atoms with Crippen LogP contribution in [-0.2, 0) is 22.4 Å². The number of carbonyl (C=O) groups excluding carboxylic acids is 3. The molecule has 0 radical (unpaired) electrons. The molecule has 2 aromatic carbocycles. The largest absolute Gasteiger partial charge is 0.350 e. The molecule has 7 heteroatoms. The van der Waals surface area contributed by atoms with Gasteiger partial charge >= 0.3 is 0 Å². The lowest BCUT2D eigenvalue weighted by molar-refractivity contribution is -0.125. The molecule has 0 aromatic heterocycles. The lowest BCUT2D eigenvalue weighted by Gasteiger charge is -2.27. The first kappa shape index (κ1) is 21.0. The molecule has 2 aliphatic rings. The summed E-state index contributed by atoms with van der Waals surface area (Å²) in [7, 11) is 0. The van der Waals surface area contributed by atoms with Gasteiger partial charge in [-0.3, -0.25) is 19.7 Å². The SMILES string of the molecule is Cl.O=C1CC(Cc2ccc(C(=O)NCC3NCCc4ccccc43)cc2)C(=O)N1. The Morgan fingerprint density at radius 1 is 1.07 bits per heavy atom. The van der Waals surface area contributed by atoms with E-state index in [0.717, 1.165) is 18.5 Å². The van der Waals surface area contributed by atoms with Gasteiger partial charge in [0.2, 0.25) is 11.8 Å². The molecule has 0 bridgehead atoms. The van der Waals surface area contributed by atoms with Gasteiger partial charge in [-0.2, -0.15) is 0 Å². The summed E-state index contributed by atoms with van der Waals surface area (Å²) in [4.78, 5) is 35.5. The van der Waals surface area contributed by atoms with Gasteiger partial charge in [-0.25, -0.2) is 0 Å². The van der Waals surface area contributed by atoms with Crippen LogP contribution in [0, 0.1) is 5.92 Å². The second kappa shape index (κ2) is 9.20. The third-order valence-electron chi connectivity index (χ3n) is 5.45. The van der Waals surface area contributed by atoms with Crippen LogP contribution in [-0.4, -0.2) is 30.8 Å². The summed E-state index contributed by atoms with van der Waals surface area (Å²) in [6, 6.07) is 15.7. The highest BCUT2D eigenvalue weighted by molar-refractivity contribution is 6.03. The van der Waals surface area contributed by atoms with Crippen molar-refractivity contribution in [3.8, 4) is 0 Å². The van der Waals surface area contributed by atoms with Crippen molar-refractivity contribution in [3.63, 3.8) is 0 Å². The van der Waals surface area contributed by atoms with Crippen LogP contribution in [0.5, 0.6) is 0 Å². The van der Waals surface area contributed by atoms with E-state index in [-0.39, 0.29) is 48.5 Å². The first-order valence-electron chi connectivity index (χ1n) is 9.62. The molecule has 0 spiro atoms. The van der Waals surface area contributed by atoms with E-state index in [2.05, 4.69) is 28.1 Å². The normalized spacial score (nSPS) is 20.4. The number of rotatable bonds is 5. The molecule has 2 atom stereocenters. The molecule has 6 nitrogen and oxygen atoms in total. The number of imide groups is 1. The summed E-state index contributed by atoms with van der Waals surface area (Å²) < 4.78 is 0. The lowest BCUT2D eigenvalue weighted by atomic mass is 9.94. The number of hydrogen-bond acceptors (Lipinski definition) is 4. The van der Waals surface area contributed by atoms with Gasteiger partial charge in [-0.05, 0) is 48.2 Å². The van der Waals surface area contributed by atoms with Crippen molar-refractivity contribution in [2.75, 3.05) is 13.1 Å². The molecule has 2 aliphatic heterocycles. The quantitative estimate of drug-likeness (QED) is 0.654. The first-order valence-corrected chi connectivity index (χ1v) is 9.62. The van der Waals surface area contributed by atoms with Gasteiger partial charge in [-0.1, -0.05) is 36.4 Å². The predicted molar refractivity (Wildman–Crippen MR) is 112 cm³/mol. The molecule has 3 amide bonds. The molecular weight excluding hydrogens is 390 g/mol. The molecule has 1 saturated heterocycles. The smallest absolute Gasteiger partial charge is 0.251 e. The Hall–Kier alpha value is -2.70. The molecule has 29 heavy (non-hydrogen) atoms. The Morgan fingerprint density at radius 2 is 1.83 bits per heavy atom. The maximum atomic E-state index is 12.5. The second-order valence-corrected chi connectivity index (χ2v) is 7.38. The Kier molecular flexibility index (Phi) is 6.67. The third-order valence-corrected chi connectivity index (χ3v) is 5.45. The monoisotopic (exact) mass is 413 g/mol. The Labute approximate surface area is 175 Å². The molecule has 0 aliphatic carbocycles. The zero-order valence-corrected chi connectivity index (χ0v) is 16.8. The standard InChI is InChI=1S/C22H23N3O3.ClH/c26-20-12-17(22(28)25-20)11-14-5-7-16(8-6-14)21(27)24-13-19-18-4-2-1-3-15(18)9-10-23-19;/h1-8,17,19,23H,9-13H2,(H,24,27)(H,25,26,28);1H. The van der Waals surface area contributed by atoms with Gasteiger partial charge in [-0.15, -0.1) is 12.4 Å². The molecular formula is C22H24ClN3O3. The molecule has 2 unspecified atom stereocenters. The number of benzene rings is 2. The highest BCUT2D eigenvalue weighted by Gasteiger charge is 2.30. The maximum Gasteiger partial charge on any atom is 0.251 e. The van der Waals surface area contributed by atoms with Crippen LogP contribution in [0.3, 0.4) is 0 Å². The van der Waals surface area contributed by atoms with Crippen LogP contribution >= 0.6 is 12.4 Å². The molecule has 152 valence electrons. The van der Waals surface area contributed by atoms with Crippen LogP contribution in [0.15, 0.2) is 48.5 Å². The lowest BCUT2D eigenvalue weighted by Crippen LogP contribution is -2.38. The molecule has 1 fully saturated rings. The van der Waals surface area contributed by atoms with Crippen molar-refractivity contribution >= 4 is 30.1 Å². The second-order valence-electron chi connectivity index (χ2n) is 7.38. The molecule has 0 saturated carbocycles. The van der Waals surface area contributed by atoms with E-state index in [0.29, 0.717) is 18.5 Å². The van der Waals surface area contributed by atoms with Gasteiger partial charge in [0.25, 0.3) is 5.91 Å². The summed E-state index contributed by atoms with van der Waals surface area (Å²) >= 11 is 0. The zero-order chi connectivity index (χ0) is 19.5. The third kappa shape index (κ3) is 4.83. The minimum absolute atomic E-state index is 0. The van der Waals surface area contributed by atoms with Crippen LogP contribution in [0.1, 0.15) is 39.5 Å². The number of hydrogen-bond donors (Lipinski definition) is 3. The predicted octanol–water partition coefficient (Wildman–Crippen LogP) is 1.93. The van der Waals surface area contributed by atoms with Crippen molar-refractivity contribution < 1.29 is 14.4 Å². The van der Waals surface area contributed by atoms with Crippen molar-refractivity contribution in [1.29, 1.82) is 0 Å². The van der Waals surface area contributed by atoms with Gasteiger partial charge in [0.15, 0.2) is 0 Å². The average Bonchev–Trinajstić information content (AvgIpc) is 3.03. The fourth-order valence-electron chi connectivity index (χ4n) is 3.92. The summed E-state index contributed by atoms with van der Waals surface area (Å²) in [5, 5.41) is 8.79. The number of nitrogens with one attached hydrogen (secondary N) is 3. The summed E-state index contributed by atoms with van der Waals surface area (Å²) in [5.41, 5.74) is 4.10. The van der Waals surface area contributed by atoms with E-state index < -0.39 is 0 Å². The number of carbonyl (C=O) groups is 3. The molecule has 3 N–H and O–H groups in total. The highest BCUT2D eigenvalue weighted by atomic mass is 35.5. The van der Waals surface area contributed by atoms with E-state index >= 15 is 0 Å². The first-order chi connectivity index (χ1) is 13.6. The van der Waals surface area contributed by atoms with Gasteiger partial charge in [0.05, 0.1) is 5.92 Å². The van der Waals surface area contributed by atoms with E-state index in [1.165, 1.54) is 11.1 Å². The Morgan fingerprint density at radius 3 is 2.55 bits per heavy atom. The number of halogens is 1. The van der Waals surface area contributed by atoms with E-state index in [1.54, 1.807) is 12.1 Å². The Balaban J connectivity index is 0.00000240. The zero-order valence-electron chi connectivity index (χ0n) is 15.9. The summed E-state index contributed by atoms with van der Waals surface area (Å²) in [6.45, 7) is 1.44. The van der Waals surface area contributed by atoms with Crippen molar-refractivity contribution in [3.05, 3.63) is 70.8 Å². The van der Waals surface area contributed by atoms with Crippen LogP contribution in [0.25, 0.3) is 0 Å². The minimum atomic E-state index is -0.315. The van der Waals surface area contributed by atoms with E-state index in [4.69, 9.17) is 0 Å². The molecule has 2 heterocycles. The van der Waals surface area contributed by atoms with Crippen molar-refractivity contribution in [2.24, 2.45) is 5.92 Å². The van der Waals surface area contributed by atoms with Crippen molar-refractivity contribution in [1.82, 2.24) is 16.0 Å². The van der Waals surface area contributed by atoms with Gasteiger partial charge < -0.3 is 10.6 Å². The number of fused-ring (bicyclic) bond motifs is 1. The summed E-state index contributed by atoms with van der Waals surface area (Å²) in [6.07, 6.45) is 1.74. The molecule has 4 rings (SSSR count). The van der Waals surface area contributed by atoms with Crippen molar-refractivity contribution in [2.45, 2.75) is 25.3 Å². The minimum Gasteiger partial charge on any atom is -0.350 e. The maximum absolute atomic E-state index is 12.5. The topological polar surface area (TPSA) is 87.3 Å². The average molecular weight is 414 g/mol.